The molecule has 0 saturated carbocycles. The molecule has 13 heavy (non-hydrogen) atoms. The zero-order chi connectivity index (χ0) is 9.52. The van der Waals surface area contributed by atoms with Crippen LogP contribution >= 0.6 is 0 Å². The quantitative estimate of drug-likeness (QED) is 0.702. The summed E-state index contributed by atoms with van der Waals surface area (Å²) in [5.74, 6) is 0. The molecule has 1 rings (SSSR count). The molecule has 1 aliphatic rings. The zero-order valence-electron chi connectivity index (χ0n) is 8.88. The lowest BCUT2D eigenvalue weighted by Crippen LogP contribution is -2.41. The Morgan fingerprint density at radius 3 is 3.08 bits per heavy atom. The molecule has 1 atom stereocenters. The van der Waals surface area contributed by atoms with Crippen molar-refractivity contribution in [3.63, 3.8) is 0 Å². The van der Waals surface area contributed by atoms with Crippen LogP contribution in [0.5, 0.6) is 0 Å². The van der Waals surface area contributed by atoms with Crippen LogP contribution < -0.4 is 5.32 Å². The van der Waals surface area contributed by atoms with Crippen LogP contribution in [0.4, 0.5) is 0 Å². The van der Waals surface area contributed by atoms with Crippen LogP contribution in [0.25, 0.3) is 0 Å². The number of methoxy groups -OCH3 is 1. The van der Waals surface area contributed by atoms with E-state index in [1.54, 1.807) is 7.11 Å². The van der Waals surface area contributed by atoms with Crippen molar-refractivity contribution in [2.75, 3.05) is 39.9 Å². The first-order valence-corrected chi connectivity index (χ1v) is 5.28. The van der Waals surface area contributed by atoms with Crippen LogP contribution in [-0.2, 0) is 4.74 Å². The first-order chi connectivity index (χ1) is 6.34. The molecule has 0 amide bonds. The largest absolute Gasteiger partial charge is 0.383 e. The molecule has 0 aromatic carbocycles. The van der Waals surface area contributed by atoms with Crippen LogP contribution in [0.1, 0.15) is 19.8 Å². The minimum Gasteiger partial charge on any atom is -0.383 e. The Balaban J connectivity index is 2.28. The molecular formula is C10H22N2O. The van der Waals surface area contributed by atoms with E-state index >= 15 is 0 Å². The summed E-state index contributed by atoms with van der Waals surface area (Å²) in [6.45, 7) is 7.77. The molecule has 0 spiro atoms. The fourth-order valence-electron chi connectivity index (χ4n) is 1.79. The van der Waals surface area contributed by atoms with Crippen molar-refractivity contribution in [3.05, 3.63) is 0 Å². The maximum atomic E-state index is 5.11. The predicted molar refractivity (Wildman–Crippen MR) is 55.0 cm³/mol. The standard InChI is InChI=1S/C10H22N2O/c1-10-4-6-11-5-3-7-12(10)8-9-13-2/h10-11H,3-9H2,1-2H3. The Bertz CT molecular complexity index is 128. The van der Waals surface area contributed by atoms with Crippen molar-refractivity contribution in [1.82, 2.24) is 10.2 Å². The van der Waals surface area contributed by atoms with Crippen LogP contribution in [-0.4, -0.2) is 50.8 Å². The van der Waals surface area contributed by atoms with Gasteiger partial charge in [-0.1, -0.05) is 0 Å². The van der Waals surface area contributed by atoms with Crippen molar-refractivity contribution in [2.24, 2.45) is 0 Å². The lowest BCUT2D eigenvalue weighted by Gasteiger charge is -2.31. The average Bonchev–Trinajstić information content (AvgIpc) is 2.11. The zero-order valence-corrected chi connectivity index (χ0v) is 8.88. The molecule has 0 aromatic rings. The van der Waals surface area contributed by atoms with E-state index in [0.29, 0.717) is 6.04 Å². The minimum atomic E-state index is 0.697. The molecule has 0 aliphatic carbocycles. The molecule has 1 N–H and O–H groups in total. The third kappa shape index (κ3) is 4.07. The molecule has 1 heterocycles. The highest BCUT2D eigenvalue weighted by Crippen LogP contribution is 2.06. The number of nitrogens with one attached hydrogen (secondary N) is 1. The number of nitrogens with zero attached hydrogens (tertiary/aromatic N) is 1. The molecule has 0 bridgehead atoms. The molecular weight excluding hydrogens is 164 g/mol. The lowest BCUT2D eigenvalue weighted by molar-refractivity contribution is 0.116. The van der Waals surface area contributed by atoms with Gasteiger partial charge in [0, 0.05) is 19.7 Å². The highest BCUT2D eigenvalue weighted by Gasteiger charge is 2.14. The highest BCUT2D eigenvalue weighted by atomic mass is 16.5. The fraction of sp³-hybridized carbons (Fsp3) is 1.00. The van der Waals surface area contributed by atoms with Gasteiger partial charge in [0.25, 0.3) is 0 Å². The van der Waals surface area contributed by atoms with E-state index in [1.165, 1.54) is 19.4 Å². The summed E-state index contributed by atoms with van der Waals surface area (Å²) in [4.78, 5) is 2.53. The van der Waals surface area contributed by atoms with E-state index in [1.807, 2.05) is 0 Å². The second-order valence-electron chi connectivity index (χ2n) is 3.77. The summed E-state index contributed by atoms with van der Waals surface area (Å²) < 4.78 is 5.11. The summed E-state index contributed by atoms with van der Waals surface area (Å²) >= 11 is 0. The molecule has 3 nitrogen and oxygen atoms in total. The van der Waals surface area contributed by atoms with Gasteiger partial charge in [-0.3, -0.25) is 4.90 Å². The van der Waals surface area contributed by atoms with Crippen LogP contribution in [0.15, 0.2) is 0 Å². The number of ether oxygens (including phenoxy) is 1. The Kier molecular flexibility index (Phi) is 5.35. The highest BCUT2D eigenvalue weighted by molar-refractivity contribution is 4.71. The number of hydrogen-bond donors (Lipinski definition) is 1. The summed E-state index contributed by atoms with van der Waals surface area (Å²) in [6.07, 6.45) is 2.51. The molecule has 1 fully saturated rings. The summed E-state index contributed by atoms with van der Waals surface area (Å²) in [5.41, 5.74) is 0. The number of hydrogen-bond acceptors (Lipinski definition) is 3. The van der Waals surface area contributed by atoms with Crippen LogP contribution in [0.2, 0.25) is 0 Å². The van der Waals surface area contributed by atoms with Crippen molar-refractivity contribution in [1.29, 1.82) is 0 Å². The van der Waals surface area contributed by atoms with Crippen molar-refractivity contribution in [3.8, 4) is 0 Å². The van der Waals surface area contributed by atoms with E-state index in [2.05, 4.69) is 17.1 Å². The molecule has 3 heteroatoms. The first kappa shape index (κ1) is 11.0. The molecule has 1 saturated heterocycles. The van der Waals surface area contributed by atoms with Gasteiger partial charge in [-0.2, -0.15) is 0 Å². The summed E-state index contributed by atoms with van der Waals surface area (Å²) in [7, 11) is 1.77. The molecule has 78 valence electrons. The van der Waals surface area contributed by atoms with Crippen molar-refractivity contribution < 1.29 is 4.74 Å². The van der Waals surface area contributed by atoms with E-state index in [4.69, 9.17) is 4.74 Å². The Hall–Kier alpha value is -0.120. The van der Waals surface area contributed by atoms with Crippen molar-refractivity contribution >= 4 is 0 Å². The molecule has 0 aromatic heterocycles. The van der Waals surface area contributed by atoms with Crippen LogP contribution in [0, 0.1) is 0 Å². The maximum absolute atomic E-state index is 5.11. The fourth-order valence-corrected chi connectivity index (χ4v) is 1.79. The van der Waals surface area contributed by atoms with E-state index in [-0.39, 0.29) is 0 Å². The second kappa shape index (κ2) is 6.35. The van der Waals surface area contributed by atoms with Gasteiger partial charge in [-0.25, -0.2) is 0 Å². The number of rotatable bonds is 3. The van der Waals surface area contributed by atoms with Gasteiger partial charge in [0.1, 0.15) is 0 Å². The lowest BCUT2D eigenvalue weighted by atomic mass is 10.1. The topological polar surface area (TPSA) is 24.5 Å². The Morgan fingerprint density at radius 2 is 2.31 bits per heavy atom. The normalized spacial score (nSPS) is 26.8. The minimum absolute atomic E-state index is 0.697. The Labute approximate surface area is 81.4 Å². The smallest absolute Gasteiger partial charge is 0.0589 e. The molecule has 1 aliphatic heterocycles. The predicted octanol–water partition coefficient (Wildman–Crippen LogP) is 0.707. The monoisotopic (exact) mass is 186 g/mol. The van der Waals surface area contributed by atoms with Gasteiger partial charge in [0.2, 0.25) is 0 Å². The first-order valence-electron chi connectivity index (χ1n) is 5.28. The van der Waals surface area contributed by atoms with Crippen molar-refractivity contribution in [2.45, 2.75) is 25.8 Å². The van der Waals surface area contributed by atoms with E-state index in [9.17, 15) is 0 Å². The Morgan fingerprint density at radius 1 is 1.46 bits per heavy atom. The summed E-state index contributed by atoms with van der Waals surface area (Å²) in [6, 6.07) is 0.697. The maximum Gasteiger partial charge on any atom is 0.0589 e. The van der Waals surface area contributed by atoms with Crippen LogP contribution in [0.3, 0.4) is 0 Å². The van der Waals surface area contributed by atoms with Gasteiger partial charge in [-0.05, 0) is 39.4 Å². The van der Waals surface area contributed by atoms with Gasteiger partial charge in [0.15, 0.2) is 0 Å². The van der Waals surface area contributed by atoms with E-state index < -0.39 is 0 Å². The van der Waals surface area contributed by atoms with E-state index in [0.717, 1.165) is 26.2 Å². The molecule has 1 unspecified atom stereocenters. The summed E-state index contributed by atoms with van der Waals surface area (Å²) in [5, 5.41) is 3.44. The van der Waals surface area contributed by atoms with Gasteiger partial charge >= 0.3 is 0 Å². The van der Waals surface area contributed by atoms with Gasteiger partial charge in [-0.15, -0.1) is 0 Å². The third-order valence-electron chi connectivity index (χ3n) is 2.74. The van der Waals surface area contributed by atoms with Gasteiger partial charge in [0.05, 0.1) is 6.61 Å². The third-order valence-corrected chi connectivity index (χ3v) is 2.74. The van der Waals surface area contributed by atoms with Gasteiger partial charge < -0.3 is 10.1 Å². The molecule has 0 radical (unpaired) electrons. The SMILES string of the molecule is COCCN1CCCNCCC1C. The second-order valence-corrected chi connectivity index (χ2v) is 3.77. The average molecular weight is 186 g/mol.